The lowest BCUT2D eigenvalue weighted by molar-refractivity contribution is 0.383. The lowest BCUT2D eigenvalue weighted by Crippen LogP contribution is -2.50. The van der Waals surface area contributed by atoms with E-state index in [-0.39, 0.29) is 0 Å². The van der Waals surface area contributed by atoms with Crippen LogP contribution in [0.25, 0.3) is 0 Å². The fourth-order valence-corrected chi connectivity index (χ4v) is 2.90. The minimum absolute atomic E-state index is 0.343. The summed E-state index contributed by atoms with van der Waals surface area (Å²) in [6, 6.07) is 0. The van der Waals surface area contributed by atoms with Gasteiger partial charge in [0.1, 0.15) is 0 Å². The Morgan fingerprint density at radius 2 is 2.29 bits per heavy atom. The highest BCUT2D eigenvalue weighted by Gasteiger charge is 2.27. The molecule has 0 spiro atoms. The second-order valence-electron chi connectivity index (χ2n) is 4.26. The quantitative estimate of drug-likeness (QED) is 0.733. The average Bonchev–Trinajstić information content (AvgIpc) is 2.12. The van der Waals surface area contributed by atoms with E-state index in [1.54, 1.807) is 0 Å². The molecule has 0 atom stereocenters. The van der Waals surface area contributed by atoms with Crippen molar-refractivity contribution >= 4 is 29.1 Å². The van der Waals surface area contributed by atoms with Crippen molar-refractivity contribution in [1.29, 1.82) is 0 Å². The molecule has 0 aromatic heterocycles. The van der Waals surface area contributed by atoms with Crippen LogP contribution in [0, 0.1) is 0 Å². The summed E-state index contributed by atoms with van der Waals surface area (Å²) in [6.07, 6.45) is 1.13. The van der Waals surface area contributed by atoms with Gasteiger partial charge in [0, 0.05) is 30.1 Å². The van der Waals surface area contributed by atoms with Gasteiger partial charge in [-0.3, -0.25) is 0 Å². The van der Waals surface area contributed by atoms with E-state index in [1.165, 1.54) is 5.75 Å². The molecule has 0 radical (unpaired) electrons. The molecule has 0 aromatic carbocycles. The summed E-state index contributed by atoms with van der Waals surface area (Å²) in [6.45, 7) is 9.86. The highest BCUT2D eigenvalue weighted by molar-refractivity contribution is 8.00. The Bertz CT molecular complexity index is 204. The SMILES string of the molecule is CCCNC(=S)N1CCSC(C)(C)C1. The summed E-state index contributed by atoms with van der Waals surface area (Å²) in [5.74, 6) is 1.18. The predicted molar refractivity (Wildman–Crippen MR) is 69.0 cm³/mol. The Balaban J connectivity index is 2.40. The van der Waals surface area contributed by atoms with Crippen molar-refractivity contribution in [3.05, 3.63) is 0 Å². The van der Waals surface area contributed by atoms with Crippen LogP contribution < -0.4 is 5.32 Å². The normalized spacial score (nSPS) is 20.6. The highest BCUT2D eigenvalue weighted by Crippen LogP contribution is 2.29. The second-order valence-corrected chi connectivity index (χ2v) is 6.45. The zero-order valence-electron chi connectivity index (χ0n) is 9.30. The second kappa shape index (κ2) is 5.21. The summed E-state index contributed by atoms with van der Waals surface area (Å²) in [4.78, 5) is 2.29. The number of hydrogen-bond acceptors (Lipinski definition) is 2. The molecule has 1 saturated heterocycles. The minimum atomic E-state index is 0.343. The molecule has 1 N–H and O–H groups in total. The van der Waals surface area contributed by atoms with E-state index in [0.29, 0.717) is 4.75 Å². The first-order valence-electron chi connectivity index (χ1n) is 5.22. The maximum absolute atomic E-state index is 5.35. The number of rotatable bonds is 2. The third kappa shape index (κ3) is 3.65. The number of nitrogens with zero attached hydrogens (tertiary/aromatic N) is 1. The number of hydrogen-bond donors (Lipinski definition) is 1. The van der Waals surface area contributed by atoms with Crippen molar-refractivity contribution in [3.8, 4) is 0 Å². The summed E-state index contributed by atoms with van der Waals surface area (Å²) in [5.41, 5.74) is 0. The molecule has 0 bridgehead atoms. The van der Waals surface area contributed by atoms with Gasteiger partial charge in [0.2, 0.25) is 0 Å². The smallest absolute Gasteiger partial charge is 0.169 e. The summed E-state index contributed by atoms with van der Waals surface area (Å²) < 4.78 is 0.343. The highest BCUT2D eigenvalue weighted by atomic mass is 32.2. The van der Waals surface area contributed by atoms with Crippen LogP contribution in [0.15, 0.2) is 0 Å². The van der Waals surface area contributed by atoms with E-state index in [9.17, 15) is 0 Å². The molecule has 14 heavy (non-hydrogen) atoms. The standard InChI is InChI=1S/C10H20N2S2/c1-4-5-11-9(13)12-6-7-14-10(2,3)8-12/h4-8H2,1-3H3,(H,11,13). The Hall–Kier alpha value is 0.0400. The molecule has 1 fully saturated rings. The van der Waals surface area contributed by atoms with Gasteiger partial charge in [-0.25, -0.2) is 0 Å². The molecule has 82 valence electrons. The maximum Gasteiger partial charge on any atom is 0.169 e. The van der Waals surface area contributed by atoms with Crippen molar-refractivity contribution in [2.75, 3.05) is 25.4 Å². The van der Waals surface area contributed by atoms with E-state index in [1.807, 2.05) is 11.8 Å². The van der Waals surface area contributed by atoms with E-state index in [0.717, 1.165) is 31.2 Å². The van der Waals surface area contributed by atoms with E-state index >= 15 is 0 Å². The molecule has 1 aliphatic heterocycles. The lowest BCUT2D eigenvalue weighted by atomic mass is 10.2. The summed E-state index contributed by atoms with van der Waals surface area (Å²) >= 11 is 7.38. The van der Waals surface area contributed by atoms with Crippen molar-refractivity contribution in [3.63, 3.8) is 0 Å². The van der Waals surface area contributed by atoms with Gasteiger partial charge in [-0.2, -0.15) is 11.8 Å². The van der Waals surface area contributed by atoms with Gasteiger partial charge in [0.15, 0.2) is 5.11 Å². The van der Waals surface area contributed by atoms with E-state index < -0.39 is 0 Å². The number of nitrogens with one attached hydrogen (secondary N) is 1. The molecular weight excluding hydrogens is 212 g/mol. The van der Waals surface area contributed by atoms with Crippen LogP contribution >= 0.6 is 24.0 Å². The van der Waals surface area contributed by atoms with Crippen LogP contribution in [0.1, 0.15) is 27.2 Å². The van der Waals surface area contributed by atoms with Crippen LogP contribution in [0.5, 0.6) is 0 Å². The summed E-state index contributed by atoms with van der Waals surface area (Å²) in [7, 11) is 0. The number of thioether (sulfide) groups is 1. The molecule has 1 rings (SSSR count). The monoisotopic (exact) mass is 232 g/mol. The Morgan fingerprint density at radius 1 is 1.57 bits per heavy atom. The fourth-order valence-electron chi connectivity index (χ4n) is 1.53. The molecule has 0 unspecified atom stereocenters. The molecule has 0 saturated carbocycles. The van der Waals surface area contributed by atoms with Crippen LogP contribution in [0.4, 0.5) is 0 Å². The first kappa shape index (κ1) is 12.1. The molecule has 1 aliphatic rings. The molecule has 2 nitrogen and oxygen atoms in total. The first-order valence-corrected chi connectivity index (χ1v) is 6.61. The third-order valence-corrected chi connectivity index (χ3v) is 3.94. The predicted octanol–water partition coefficient (Wildman–Crippen LogP) is 2.10. The Kier molecular flexibility index (Phi) is 4.51. The Morgan fingerprint density at radius 3 is 2.86 bits per heavy atom. The van der Waals surface area contributed by atoms with Crippen LogP contribution in [-0.4, -0.2) is 40.1 Å². The van der Waals surface area contributed by atoms with Crippen LogP contribution in [0.3, 0.4) is 0 Å². The molecule has 4 heteroatoms. The topological polar surface area (TPSA) is 15.3 Å². The minimum Gasteiger partial charge on any atom is -0.363 e. The van der Waals surface area contributed by atoms with Gasteiger partial charge < -0.3 is 10.2 Å². The summed E-state index contributed by atoms with van der Waals surface area (Å²) in [5, 5.41) is 4.22. The van der Waals surface area contributed by atoms with Gasteiger partial charge in [0.25, 0.3) is 0 Å². The average molecular weight is 232 g/mol. The van der Waals surface area contributed by atoms with Crippen LogP contribution in [-0.2, 0) is 0 Å². The van der Waals surface area contributed by atoms with Gasteiger partial charge in [-0.05, 0) is 32.5 Å². The maximum atomic E-state index is 5.35. The molecular formula is C10H20N2S2. The van der Waals surface area contributed by atoms with Crippen LogP contribution in [0.2, 0.25) is 0 Å². The van der Waals surface area contributed by atoms with Gasteiger partial charge >= 0.3 is 0 Å². The van der Waals surface area contributed by atoms with Crippen molar-refractivity contribution < 1.29 is 0 Å². The lowest BCUT2D eigenvalue weighted by Gasteiger charge is -2.38. The van der Waals surface area contributed by atoms with Crippen molar-refractivity contribution in [2.24, 2.45) is 0 Å². The fraction of sp³-hybridized carbons (Fsp3) is 0.900. The van der Waals surface area contributed by atoms with Gasteiger partial charge in [-0.15, -0.1) is 0 Å². The first-order chi connectivity index (χ1) is 6.55. The Labute approximate surface area is 96.8 Å². The third-order valence-electron chi connectivity index (χ3n) is 2.24. The van der Waals surface area contributed by atoms with E-state index in [2.05, 4.69) is 31.0 Å². The van der Waals surface area contributed by atoms with Gasteiger partial charge in [0.05, 0.1) is 0 Å². The zero-order chi connectivity index (χ0) is 10.6. The van der Waals surface area contributed by atoms with Crippen molar-refractivity contribution in [2.45, 2.75) is 31.9 Å². The number of thiocarbonyl (C=S) groups is 1. The van der Waals surface area contributed by atoms with Gasteiger partial charge in [-0.1, -0.05) is 6.92 Å². The molecule has 1 heterocycles. The zero-order valence-corrected chi connectivity index (χ0v) is 10.9. The largest absolute Gasteiger partial charge is 0.363 e. The molecule has 0 amide bonds. The van der Waals surface area contributed by atoms with E-state index in [4.69, 9.17) is 12.2 Å². The molecule has 0 aliphatic carbocycles. The molecule has 0 aromatic rings. The van der Waals surface area contributed by atoms with Crippen molar-refractivity contribution in [1.82, 2.24) is 10.2 Å².